The summed E-state index contributed by atoms with van der Waals surface area (Å²) in [5, 5.41) is 4.84. The Bertz CT molecular complexity index is 734. The molecule has 21 heavy (non-hydrogen) atoms. The highest BCUT2D eigenvalue weighted by Crippen LogP contribution is 2.34. The molecule has 4 nitrogen and oxygen atoms in total. The second-order valence-corrected chi connectivity index (χ2v) is 8.20. The number of sulfone groups is 1. The van der Waals surface area contributed by atoms with E-state index >= 15 is 0 Å². The molecular weight excluding hydrogens is 284 g/mol. The Labute approximate surface area is 125 Å². The van der Waals surface area contributed by atoms with Crippen LogP contribution in [-0.2, 0) is 16.3 Å². The highest BCUT2D eigenvalue weighted by Gasteiger charge is 2.23. The molecule has 0 fully saturated rings. The van der Waals surface area contributed by atoms with Crippen molar-refractivity contribution in [3.05, 3.63) is 35.5 Å². The van der Waals surface area contributed by atoms with Crippen LogP contribution in [0.5, 0.6) is 0 Å². The van der Waals surface area contributed by atoms with Crippen molar-refractivity contribution in [2.75, 3.05) is 18.6 Å². The van der Waals surface area contributed by atoms with Crippen LogP contribution >= 0.6 is 0 Å². The Morgan fingerprint density at radius 3 is 2.95 bits per heavy atom. The molecule has 5 heteroatoms. The fraction of sp³-hybridized carbons (Fsp3) is 0.500. The summed E-state index contributed by atoms with van der Waals surface area (Å²) in [4.78, 5) is 3.54. The first-order chi connectivity index (χ1) is 10.0. The van der Waals surface area contributed by atoms with Crippen LogP contribution in [0.15, 0.2) is 24.3 Å². The average Bonchev–Trinajstić information content (AvgIpc) is 2.82. The summed E-state index contributed by atoms with van der Waals surface area (Å²) in [5.74, 6) is 0.256. The van der Waals surface area contributed by atoms with E-state index < -0.39 is 9.84 Å². The molecule has 3 rings (SSSR count). The SMILES string of the molecule is CS(=O)(=O)CCCNC1CCCc2c1[nH]c1ccccc21. The maximum Gasteiger partial charge on any atom is 0.147 e. The van der Waals surface area contributed by atoms with Crippen LogP contribution < -0.4 is 5.32 Å². The fourth-order valence-corrected chi connectivity index (χ4v) is 3.90. The summed E-state index contributed by atoms with van der Waals surface area (Å²) in [7, 11) is -2.86. The van der Waals surface area contributed by atoms with Crippen LogP contribution in [-0.4, -0.2) is 32.0 Å². The van der Waals surface area contributed by atoms with Crippen molar-refractivity contribution >= 4 is 20.7 Å². The van der Waals surface area contributed by atoms with Crippen molar-refractivity contribution < 1.29 is 8.42 Å². The molecule has 0 bridgehead atoms. The number of nitrogens with one attached hydrogen (secondary N) is 2. The summed E-state index contributed by atoms with van der Waals surface area (Å²) < 4.78 is 22.3. The topological polar surface area (TPSA) is 62.0 Å². The van der Waals surface area contributed by atoms with Gasteiger partial charge in [0.15, 0.2) is 0 Å². The van der Waals surface area contributed by atoms with Crippen LogP contribution in [0.2, 0.25) is 0 Å². The van der Waals surface area contributed by atoms with Gasteiger partial charge in [-0.15, -0.1) is 0 Å². The zero-order valence-corrected chi connectivity index (χ0v) is 13.2. The van der Waals surface area contributed by atoms with Crippen LogP contribution in [0, 0.1) is 0 Å². The molecule has 1 heterocycles. The monoisotopic (exact) mass is 306 g/mol. The number of benzene rings is 1. The third kappa shape index (κ3) is 3.30. The lowest BCUT2D eigenvalue weighted by Crippen LogP contribution is -2.27. The largest absolute Gasteiger partial charge is 0.357 e. The Balaban J connectivity index is 1.72. The molecule has 1 aromatic heterocycles. The fourth-order valence-electron chi connectivity index (χ4n) is 3.23. The van der Waals surface area contributed by atoms with E-state index in [0.29, 0.717) is 12.5 Å². The first-order valence-corrected chi connectivity index (χ1v) is 9.61. The van der Waals surface area contributed by atoms with Crippen molar-refractivity contribution in [2.24, 2.45) is 0 Å². The molecule has 0 saturated carbocycles. The number of aromatic amines is 1. The number of H-pyrrole nitrogens is 1. The second-order valence-electron chi connectivity index (χ2n) is 5.95. The molecule has 2 N–H and O–H groups in total. The third-order valence-electron chi connectivity index (χ3n) is 4.20. The number of para-hydroxylation sites is 1. The van der Waals surface area contributed by atoms with E-state index in [4.69, 9.17) is 0 Å². The molecule has 0 spiro atoms. The van der Waals surface area contributed by atoms with Gasteiger partial charge in [0.1, 0.15) is 9.84 Å². The van der Waals surface area contributed by atoms with E-state index in [1.165, 1.54) is 34.8 Å². The van der Waals surface area contributed by atoms with Crippen molar-refractivity contribution in [1.29, 1.82) is 0 Å². The van der Waals surface area contributed by atoms with Gasteiger partial charge in [-0.2, -0.15) is 0 Å². The van der Waals surface area contributed by atoms with Crippen LogP contribution in [0.1, 0.15) is 36.6 Å². The van der Waals surface area contributed by atoms with E-state index in [1.54, 1.807) is 0 Å². The molecule has 1 aromatic carbocycles. The summed E-state index contributed by atoms with van der Waals surface area (Å²) in [6, 6.07) is 8.75. The Hall–Kier alpha value is -1.33. The maximum absolute atomic E-state index is 11.2. The summed E-state index contributed by atoms with van der Waals surface area (Å²) >= 11 is 0. The molecule has 0 amide bonds. The number of hydrogen-bond donors (Lipinski definition) is 2. The molecule has 0 saturated heterocycles. The molecule has 0 aliphatic heterocycles. The Morgan fingerprint density at radius 2 is 2.14 bits per heavy atom. The van der Waals surface area contributed by atoms with Crippen LogP contribution in [0.25, 0.3) is 10.9 Å². The molecule has 1 unspecified atom stereocenters. The number of aromatic nitrogens is 1. The third-order valence-corrected chi connectivity index (χ3v) is 5.23. The van der Waals surface area contributed by atoms with E-state index in [9.17, 15) is 8.42 Å². The lowest BCUT2D eigenvalue weighted by molar-refractivity contribution is 0.453. The predicted octanol–water partition coefficient (Wildman–Crippen LogP) is 2.57. The van der Waals surface area contributed by atoms with E-state index in [2.05, 4.69) is 34.6 Å². The zero-order chi connectivity index (χ0) is 14.9. The average molecular weight is 306 g/mol. The van der Waals surface area contributed by atoms with Gasteiger partial charge in [0, 0.05) is 28.9 Å². The first kappa shape index (κ1) is 14.6. The number of aryl methyl sites for hydroxylation is 1. The standard InChI is InChI=1S/C16H22N2O2S/c1-21(19,20)11-5-10-17-15-9-4-7-13-12-6-2-3-8-14(12)18-16(13)15/h2-3,6,8,15,17-18H,4-5,7,9-11H2,1H3. The number of fused-ring (bicyclic) bond motifs is 3. The highest BCUT2D eigenvalue weighted by molar-refractivity contribution is 7.90. The normalized spacial score (nSPS) is 18.8. The molecule has 1 aliphatic rings. The van der Waals surface area contributed by atoms with Crippen molar-refractivity contribution in [3.63, 3.8) is 0 Å². The quantitative estimate of drug-likeness (QED) is 0.835. The number of hydrogen-bond acceptors (Lipinski definition) is 3. The number of rotatable bonds is 5. The van der Waals surface area contributed by atoms with E-state index in [0.717, 1.165) is 19.4 Å². The summed E-state index contributed by atoms with van der Waals surface area (Å²) in [6.45, 7) is 0.743. The molecule has 114 valence electrons. The van der Waals surface area contributed by atoms with Gasteiger partial charge in [-0.25, -0.2) is 8.42 Å². The molecule has 1 atom stereocenters. The van der Waals surface area contributed by atoms with Gasteiger partial charge in [0.05, 0.1) is 5.75 Å². The van der Waals surface area contributed by atoms with Crippen molar-refractivity contribution in [2.45, 2.75) is 31.7 Å². The Morgan fingerprint density at radius 1 is 1.33 bits per heavy atom. The molecular formula is C16H22N2O2S. The smallest absolute Gasteiger partial charge is 0.147 e. The summed E-state index contributed by atoms with van der Waals surface area (Å²) in [6.07, 6.45) is 5.38. The van der Waals surface area contributed by atoms with Crippen LogP contribution in [0.3, 0.4) is 0 Å². The van der Waals surface area contributed by atoms with Gasteiger partial charge >= 0.3 is 0 Å². The minimum absolute atomic E-state index is 0.256. The van der Waals surface area contributed by atoms with Crippen molar-refractivity contribution in [3.8, 4) is 0 Å². The van der Waals surface area contributed by atoms with Crippen molar-refractivity contribution in [1.82, 2.24) is 10.3 Å². The van der Waals surface area contributed by atoms with Gasteiger partial charge in [-0.1, -0.05) is 18.2 Å². The van der Waals surface area contributed by atoms with Gasteiger partial charge in [0.2, 0.25) is 0 Å². The Kier molecular flexibility index (Phi) is 4.04. The highest BCUT2D eigenvalue weighted by atomic mass is 32.2. The molecule has 1 aliphatic carbocycles. The zero-order valence-electron chi connectivity index (χ0n) is 12.4. The summed E-state index contributed by atoms with van der Waals surface area (Å²) in [5.41, 5.74) is 3.92. The first-order valence-electron chi connectivity index (χ1n) is 7.55. The van der Waals surface area contributed by atoms with Crippen LogP contribution in [0.4, 0.5) is 0 Å². The molecule has 2 aromatic rings. The lowest BCUT2D eigenvalue weighted by atomic mass is 9.91. The van der Waals surface area contributed by atoms with Gasteiger partial charge in [-0.3, -0.25) is 0 Å². The van der Waals surface area contributed by atoms with Gasteiger partial charge in [0.25, 0.3) is 0 Å². The molecule has 0 radical (unpaired) electrons. The second kappa shape index (κ2) is 5.81. The van der Waals surface area contributed by atoms with E-state index in [1.807, 2.05) is 0 Å². The van der Waals surface area contributed by atoms with Gasteiger partial charge < -0.3 is 10.3 Å². The predicted molar refractivity (Wildman–Crippen MR) is 86.3 cm³/mol. The van der Waals surface area contributed by atoms with Gasteiger partial charge in [-0.05, 0) is 43.9 Å². The maximum atomic E-state index is 11.2. The minimum atomic E-state index is -2.86. The lowest BCUT2D eigenvalue weighted by Gasteiger charge is -2.24. The minimum Gasteiger partial charge on any atom is -0.357 e. The van der Waals surface area contributed by atoms with E-state index in [-0.39, 0.29) is 5.75 Å².